The van der Waals surface area contributed by atoms with Crippen LogP contribution in [0.25, 0.3) is 0 Å². The van der Waals surface area contributed by atoms with Gasteiger partial charge in [-0.1, -0.05) is 37.5 Å². The van der Waals surface area contributed by atoms with E-state index in [4.69, 9.17) is 19.9 Å². The van der Waals surface area contributed by atoms with Crippen LogP contribution in [0, 0.1) is 13.8 Å². The summed E-state index contributed by atoms with van der Waals surface area (Å²) in [6.07, 6.45) is 8.71. The second-order valence-electron chi connectivity index (χ2n) is 10.8. The number of aryl methyl sites for hydroxylation is 2. The Balaban J connectivity index is 1.20. The van der Waals surface area contributed by atoms with E-state index in [0.29, 0.717) is 12.0 Å². The summed E-state index contributed by atoms with van der Waals surface area (Å²) in [5.74, 6) is 3.95. The Morgan fingerprint density at radius 2 is 1.87 bits per heavy atom. The van der Waals surface area contributed by atoms with Gasteiger partial charge in [0.2, 0.25) is 0 Å². The van der Waals surface area contributed by atoms with E-state index in [1.165, 1.54) is 32.1 Å². The Morgan fingerprint density at radius 1 is 1.08 bits per heavy atom. The molecule has 7 nitrogen and oxygen atoms in total. The molecule has 1 atom stereocenters. The summed E-state index contributed by atoms with van der Waals surface area (Å²) in [7, 11) is 0. The van der Waals surface area contributed by atoms with E-state index in [-0.39, 0.29) is 6.04 Å². The number of nitrogens with two attached hydrogens (primary N) is 1. The number of hydrogen-bond donors (Lipinski definition) is 1. The average Bonchev–Trinajstić information content (AvgIpc) is 3.25. The minimum atomic E-state index is 0.287. The van der Waals surface area contributed by atoms with Gasteiger partial charge in [0.15, 0.2) is 11.9 Å². The topological polar surface area (TPSA) is 80.1 Å². The van der Waals surface area contributed by atoms with Crippen molar-refractivity contribution < 1.29 is 9.15 Å². The smallest absolute Gasteiger partial charge is 0.197 e. The molecule has 1 aliphatic heterocycles. The molecule has 1 fully saturated rings. The predicted octanol–water partition coefficient (Wildman–Crippen LogP) is 6.85. The van der Waals surface area contributed by atoms with E-state index < -0.39 is 0 Å². The summed E-state index contributed by atoms with van der Waals surface area (Å²) in [6, 6.07) is 16.8. The summed E-state index contributed by atoms with van der Waals surface area (Å²) >= 11 is 0. The molecule has 1 unspecified atom stereocenters. The standard InChI is InChI=1S/C31H41N5O2/c1-22(11-10-18-35(26-12-6-4-7-13-26)21-30-23(2)37-24(3)33-30)36-20-25-19-28(16-17-29(25)34-31(36)32)38-27-14-8-5-9-15-27/h5,8-9,14-17,19,22,26H,4,6-7,10-13,18,20-21H2,1-3H3,(H2,32,34). The summed E-state index contributed by atoms with van der Waals surface area (Å²) in [5, 5.41) is 0. The Kier molecular flexibility index (Phi) is 8.32. The van der Waals surface area contributed by atoms with Gasteiger partial charge < -0.3 is 19.8 Å². The number of ether oxygens (including phenoxy) is 1. The number of fused-ring (bicyclic) bond motifs is 1. The lowest BCUT2D eigenvalue weighted by atomic mass is 9.93. The highest BCUT2D eigenvalue weighted by molar-refractivity contribution is 5.84. The number of rotatable bonds is 10. The van der Waals surface area contributed by atoms with Crippen LogP contribution in [-0.4, -0.2) is 39.4 Å². The van der Waals surface area contributed by atoms with Gasteiger partial charge >= 0.3 is 0 Å². The van der Waals surface area contributed by atoms with Crippen molar-refractivity contribution in [2.75, 3.05) is 6.54 Å². The van der Waals surface area contributed by atoms with Gasteiger partial charge in [-0.15, -0.1) is 0 Å². The second kappa shape index (κ2) is 12.0. The van der Waals surface area contributed by atoms with Gasteiger partial charge in [-0.25, -0.2) is 9.98 Å². The number of nitrogens with zero attached hydrogens (tertiary/aromatic N) is 4. The highest BCUT2D eigenvalue weighted by atomic mass is 16.5. The first kappa shape index (κ1) is 26.3. The molecule has 0 amide bonds. The quantitative estimate of drug-likeness (QED) is 0.318. The van der Waals surface area contributed by atoms with Crippen LogP contribution in [0.3, 0.4) is 0 Å². The van der Waals surface area contributed by atoms with Crippen molar-refractivity contribution in [3.8, 4) is 11.5 Å². The van der Waals surface area contributed by atoms with E-state index in [1.54, 1.807) is 0 Å². The van der Waals surface area contributed by atoms with Crippen LogP contribution < -0.4 is 10.5 Å². The van der Waals surface area contributed by atoms with E-state index in [2.05, 4.69) is 27.8 Å². The van der Waals surface area contributed by atoms with Crippen LogP contribution >= 0.6 is 0 Å². The van der Waals surface area contributed by atoms with E-state index in [0.717, 1.165) is 72.6 Å². The monoisotopic (exact) mass is 515 g/mol. The van der Waals surface area contributed by atoms with E-state index in [1.807, 2.05) is 56.3 Å². The van der Waals surface area contributed by atoms with Gasteiger partial charge in [-0.2, -0.15) is 0 Å². The third kappa shape index (κ3) is 6.38. The minimum absolute atomic E-state index is 0.287. The maximum atomic E-state index is 6.44. The number of benzene rings is 2. The number of guanidine groups is 1. The molecule has 1 aliphatic carbocycles. The molecule has 0 spiro atoms. The number of oxazole rings is 1. The molecule has 0 saturated heterocycles. The number of aromatic nitrogens is 1. The zero-order chi connectivity index (χ0) is 26.5. The first-order valence-electron chi connectivity index (χ1n) is 14.1. The molecular weight excluding hydrogens is 474 g/mol. The molecule has 202 valence electrons. The number of aliphatic imine (C=N–C) groups is 1. The van der Waals surface area contributed by atoms with Crippen molar-refractivity contribution >= 4 is 11.6 Å². The normalized spacial score (nSPS) is 16.8. The molecule has 2 heterocycles. The first-order chi connectivity index (χ1) is 18.5. The van der Waals surface area contributed by atoms with Gasteiger partial charge in [-0.05, 0) is 76.4 Å². The third-order valence-corrected chi connectivity index (χ3v) is 7.94. The van der Waals surface area contributed by atoms with Crippen molar-refractivity contribution in [2.24, 2.45) is 10.7 Å². The Morgan fingerprint density at radius 3 is 2.61 bits per heavy atom. The molecule has 2 aromatic carbocycles. The summed E-state index contributed by atoms with van der Waals surface area (Å²) in [4.78, 5) is 14.3. The molecule has 1 aromatic heterocycles. The van der Waals surface area contributed by atoms with Crippen molar-refractivity contribution in [1.29, 1.82) is 0 Å². The Bertz CT molecular complexity index is 1230. The van der Waals surface area contributed by atoms with E-state index in [9.17, 15) is 0 Å². The van der Waals surface area contributed by atoms with Crippen molar-refractivity contribution in [3.63, 3.8) is 0 Å². The predicted molar refractivity (Wildman–Crippen MR) is 152 cm³/mol. The molecular formula is C31H41N5O2. The zero-order valence-corrected chi connectivity index (χ0v) is 23.0. The minimum Gasteiger partial charge on any atom is -0.457 e. The summed E-state index contributed by atoms with van der Waals surface area (Å²) in [6.45, 7) is 8.88. The molecule has 38 heavy (non-hydrogen) atoms. The SMILES string of the molecule is Cc1nc(CN(CCCC(C)N2Cc3cc(Oc4ccccc4)ccc3N=C2N)C2CCCCC2)c(C)o1. The van der Waals surface area contributed by atoms with Crippen molar-refractivity contribution in [3.05, 3.63) is 71.4 Å². The third-order valence-electron chi connectivity index (χ3n) is 7.94. The lowest BCUT2D eigenvalue weighted by Gasteiger charge is -2.36. The van der Waals surface area contributed by atoms with Crippen LogP contribution in [0.5, 0.6) is 11.5 Å². The van der Waals surface area contributed by atoms with Crippen LogP contribution in [0.4, 0.5) is 5.69 Å². The van der Waals surface area contributed by atoms with Gasteiger partial charge in [0.1, 0.15) is 17.3 Å². The summed E-state index contributed by atoms with van der Waals surface area (Å²) in [5.41, 5.74) is 9.59. The molecule has 7 heteroatoms. The average molecular weight is 516 g/mol. The molecule has 5 rings (SSSR count). The van der Waals surface area contributed by atoms with Crippen molar-refractivity contribution in [1.82, 2.24) is 14.8 Å². The van der Waals surface area contributed by atoms with Gasteiger partial charge in [0.05, 0.1) is 11.4 Å². The lowest BCUT2D eigenvalue weighted by molar-refractivity contribution is 0.139. The maximum Gasteiger partial charge on any atom is 0.197 e. The van der Waals surface area contributed by atoms with Crippen LogP contribution in [0.2, 0.25) is 0 Å². The van der Waals surface area contributed by atoms with Gasteiger partial charge in [0.25, 0.3) is 0 Å². The molecule has 0 radical (unpaired) electrons. The highest BCUT2D eigenvalue weighted by Gasteiger charge is 2.25. The van der Waals surface area contributed by atoms with Crippen LogP contribution in [0.15, 0.2) is 57.9 Å². The van der Waals surface area contributed by atoms with E-state index >= 15 is 0 Å². The lowest BCUT2D eigenvalue weighted by Crippen LogP contribution is -2.44. The van der Waals surface area contributed by atoms with Crippen LogP contribution in [-0.2, 0) is 13.1 Å². The maximum absolute atomic E-state index is 6.44. The number of hydrogen-bond acceptors (Lipinski definition) is 7. The Labute approximate surface area is 226 Å². The Hall–Kier alpha value is -3.32. The fraction of sp³-hybridized carbons (Fsp3) is 0.484. The molecule has 1 saturated carbocycles. The molecule has 2 N–H and O–H groups in total. The van der Waals surface area contributed by atoms with Gasteiger partial charge in [0, 0.05) is 37.7 Å². The fourth-order valence-corrected chi connectivity index (χ4v) is 5.81. The van der Waals surface area contributed by atoms with Crippen molar-refractivity contribution in [2.45, 2.75) is 90.9 Å². The molecule has 2 aliphatic rings. The fourth-order valence-electron chi connectivity index (χ4n) is 5.81. The molecule has 0 bridgehead atoms. The largest absolute Gasteiger partial charge is 0.457 e. The molecule has 3 aromatic rings. The van der Waals surface area contributed by atoms with Crippen LogP contribution in [0.1, 0.15) is 74.8 Å². The van der Waals surface area contributed by atoms with Gasteiger partial charge in [-0.3, -0.25) is 4.90 Å². The second-order valence-corrected chi connectivity index (χ2v) is 10.8. The highest BCUT2D eigenvalue weighted by Crippen LogP contribution is 2.32. The zero-order valence-electron chi connectivity index (χ0n) is 23.0. The summed E-state index contributed by atoms with van der Waals surface area (Å²) < 4.78 is 11.8. The number of para-hydroxylation sites is 1. The first-order valence-corrected chi connectivity index (χ1v) is 14.1.